The number of anilines is 1. The Morgan fingerprint density at radius 2 is 1.83 bits per heavy atom. The first-order chi connectivity index (χ1) is 16.7. The minimum atomic E-state index is -4.00. The van der Waals surface area contributed by atoms with Crippen molar-refractivity contribution in [2.24, 2.45) is 5.10 Å². The number of ether oxygens (including phenoxy) is 2. The number of carbonyl (C=O) groups is 1. The van der Waals surface area contributed by atoms with Crippen LogP contribution in [0.3, 0.4) is 0 Å². The number of hydrogen-bond acceptors (Lipinski definition) is 7. The van der Waals surface area contributed by atoms with Gasteiger partial charge in [-0.2, -0.15) is 18.4 Å². The summed E-state index contributed by atoms with van der Waals surface area (Å²) >= 11 is 0. The van der Waals surface area contributed by atoms with Crippen LogP contribution in [0.1, 0.15) is 40.3 Å². The molecule has 2 aromatic carbocycles. The number of furan rings is 1. The number of nitrogens with one attached hydrogen (secondary N) is 2. The van der Waals surface area contributed by atoms with Crippen LogP contribution in [0.25, 0.3) is 0 Å². The van der Waals surface area contributed by atoms with Crippen LogP contribution in [0.4, 0.5) is 10.1 Å². The number of carbonyl (C=O) groups excluding carboxylic acids is 1. The van der Waals surface area contributed by atoms with Gasteiger partial charge in [-0.05, 0) is 56.2 Å². The lowest BCUT2D eigenvalue weighted by Gasteiger charge is -2.14. The van der Waals surface area contributed by atoms with Crippen molar-refractivity contribution < 1.29 is 31.5 Å². The van der Waals surface area contributed by atoms with E-state index in [2.05, 4.69) is 15.2 Å². The fourth-order valence-electron chi connectivity index (χ4n) is 3.87. The lowest BCUT2D eigenvalue weighted by molar-refractivity contribution is 0.0993. The van der Waals surface area contributed by atoms with Crippen molar-refractivity contribution in [3.05, 3.63) is 70.9 Å². The Labute approximate surface area is 202 Å². The Morgan fingerprint density at radius 3 is 2.51 bits per heavy atom. The average molecular weight is 502 g/mol. The molecule has 11 heteroatoms. The molecule has 3 aromatic rings. The van der Waals surface area contributed by atoms with E-state index in [9.17, 15) is 17.6 Å². The number of nitrogens with zero attached hydrogens (tertiary/aromatic N) is 1. The number of halogens is 1. The molecule has 0 spiro atoms. The molecule has 1 amide bonds. The van der Waals surface area contributed by atoms with E-state index in [1.165, 1.54) is 14.2 Å². The molecular formula is C24H24FN3O6S. The van der Waals surface area contributed by atoms with Crippen molar-refractivity contribution in [1.82, 2.24) is 4.83 Å². The first-order valence-corrected chi connectivity index (χ1v) is 12.2. The first kappa shape index (κ1) is 24.3. The number of hydrazone groups is 1. The molecule has 0 saturated heterocycles. The maximum Gasteiger partial charge on any atom is 0.291 e. The maximum atomic E-state index is 13.1. The number of methoxy groups -OCH3 is 2. The Balaban J connectivity index is 1.61. The third-order valence-electron chi connectivity index (χ3n) is 5.61. The SMILES string of the molecule is COc1ccc(OC)c(NC(=O)c2oc3c(c2C)/C(=N/NS(=O)(=O)c2ccc(F)cc2)CCC3)c1. The van der Waals surface area contributed by atoms with Crippen LogP contribution in [-0.2, 0) is 16.4 Å². The van der Waals surface area contributed by atoms with Gasteiger partial charge in [0.05, 0.1) is 30.5 Å². The summed E-state index contributed by atoms with van der Waals surface area (Å²) < 4.78 is 54.7. The van der Waals surface area contributed by atoms with E-state index < -0.39 is 21.7 Å². The fourth-order valence-corrected chi connectivity index (χ4v) is 4.70. The van der Waals surface area contributed by atoms with Gasteiger partial charge in [0.2, 0.25) is 0 Å². The van der Waals surface area contributed by atoms with E-state index in [0.29, 0.717) is 59.0 Å². The quantitative estimate of drug-likeness (QED) is 0.472. The van der Waals surface area contributed by atoms with Crippen molar-refractivity contribution in [3.63, 3.8) is 0 Å². The molecule has 35 heavy (non-hydrogen) atoms. The van der Waals surface area contributed by atoms with Crippen LogP contribution in [0.15, 0.2) is 56.9 Å². The molecule has 4 rings (SSSR count). The van der Waals surface area contributed by atoms with Crippen LogP contribution in [0.5, 0.6) is 11.5 Å². The molecule has 0 aliphatic heterocycles. The van der Waals surface area contributed by atoms with Crippen molar-refractivity contribution in [2.45, 2.75) is 31.1 Å². The summed E-state index contributed by atoms with van der Waals surface area (Å²) in [6.07, 6.45) is 1.74. The number of rotatable bonds is 7. The summed E-state index contributed by atoms with van der Waals surface area (Å²) in [7, 11) is -0.989. The zero-order valence-electron chi connectivity index (χ0n) is 19.3. The fraction of sp³-hybridized carbons (Fsp3) is 0.250. The highest BCUT2D eigenvalue weighted by Crippen LogP contribution is 2.33. The third-order valence-corrected chi connectivity index (χ3v) is 6.84. The molecule has 0 bridgehead atoms. The van der Waals surface area contributed by atoms with Gasteiger partial charge in [0, 0.05) is 23.6 Å². The van der Waals surface area contributed by atoms with Gasteiger partial charge < -0.3 is 19.2 Å². The van der Waals surface area contributed by atoms with Gasteiger partial charge in [0.1, 0.15) is 23.1 Å². The van der Waals surface area contributed by atoms with Crippen LogP contribution in [-0.4, -0.2) is 34.3 Å². The summed E-state index contributed by atoms with van der Waals surface area (Å²) in [5.41, 5.74) is 2.00. The minimum Gasteiger partial charge on any atom is -0.497 e. The van der Waals surface area contributed by atoms with E-state index in [1.54, 1.807) is 25.1 Å². The van der Waals surface area contributed by atoms with Crippen molar-refractivity contribution >= 4 is 27.3 Å². The number of hydrogen-bond donors (Lipinski definition) is 2. The number of fused-ring (bicyclic) bond motifs is 1. The molecule has 0 unspecified atom stereocenters. The van der Waals surface area contributed by atoms with E-state index in [4.69, 9.17) is 13.9 Å². The monoisotopic (exact) mass is 501 g/mol. The molecule has 2 N–H and O–H groups in total. The van der Waals surface area contributed by atoms with Gasteiger partial charge in [-0.3, -0.25) is 4.79 Å². The first-order valence-electron chi connectivity index (χ1n) is 10.7. The second-order valence-corrected chi connectivity index (χ2v) is 9.50. The van der Waals surface area contributed by atoms with Gasteiger partial charge in [0.25, 0.3) is 15.9 Å². The highest BCUT2D eigenvalue weighted by molar-refractivity contribution is 7.89. The van der Waals surface area contributed by atoms with Crippen molar-refractivity contribution in [3.8, 4) is 11.5 Å². The minimum absolute atomic E-state index is 0.0934. The Kier molecular flexibility index (Phi) is 6.79. The number of aryl methyl sites for hydroxylation is 1. The van der Waals surface area contributed by atoms with E-state index in [0.717, 1.165) is 24.3 Å². The summed E-state index contributed by atoms with van der Waals surface area (Å²) in [4.78, 5) is 15.2. The Hall–Kier alpha value is -3.86. The molecular weight excluding hydrogens is 477 g/mol. The number of benzene rings is 2. The van der Waals surface area contributed by atoms with E-state index in [1.807, 2.05) is 0 Å². The molecule has 9 nitrogen and oxygen atoms in total. The number of sulfonamides is 1. The highest BCUT2D eigenvalue weighted by Gasteiger charge is 2.29. The average Bonchev–Trinajstić information content (AvgIpc) is 3.20. The van der Waals surface area contributed by atoms with Gasteiger partial charge in [-0.15, -0.1) is 0 Å². The second-order valence-electron chi connectivity index (χ2n) is 7.84. The molecule has 0 atom stereocenters. The summed E-state index contributed by atoms with van der Waals surface area (Å²) in [5, 5.41) is 6.90. The summed E-state index contributed by atoms with van der Waals surface area (Å²) in [5.74, 6) is 0.602. The molecule has 0 radical (unpaired) electrons. The maximum absolute atomic E-state index is 13.1. The normalized spacial score (nSPS) is 14.3. The third kappa shape index (κ3) is 4.99. The van der Waals surface area contributed by atoms with Crippen molar-refractivity contribution in [2.75, 3.05) is 19.5 Å². The van der Waals surface area contributed by atoms with E-state index >= 15 is 0 Å². The highest BCUT2D eigenvalue weighted by atomic mass is 32.2. The largest absolute Gasteiger partial charge is 0.497 e. The smallest absolute Gasteiger partial charge is 0.291 e. The zero-order valence-corrected chi connectivity index (χ0v) is 20.2. The summed E-state index contributed by atoms with van der Waals surface area (Å²) in [6, 6.07) is 9.44. The van der Waals surface area contributed by atoms with Crippen LogP contribution in [0, 0.1) is 12.7 Å². The van der Waals surface area contributed by atoms with Gasteiger partial charge in [-0.1, -0.05) is 0 Å². The predicted molar refractivity (Wildman–Crippen MR) is 127 cm³/mol. The van der Waals surface area contributed by atoms with Gasteiger partial charge >= 0.3 is 0 Å². The standard InChI is InChI=1S/C24H24FN3O6S/c1-14-22-18(27-28-35(30,31)17-10-7-15(25)8-11-17)5-4-6-21(22)34-23(14)24(29)26-19-13-16(32-2)9-12-20(19)33-3/h7-13,28H,4-6H2,1-3H3,(H,26,29)/b27-18+. The van der Waals surface area contributed by atoms with Gasteiger partial charge in [-0.25, -0.2) is 4.39 Å². The molecule has 1 heterocycles. The predicted octanol–water partition coefficient (Wildman–Crippen LogP) is 4.02. The molecule has 1 aromatic heterocycles. The number of amides is 1. The zero-order chi connectivity index (χ0) is 25.2. The van der Waals surface area contributed by atoms with Crippen LogP contribution >= 0.6 is 0 Å². The molecule has 0 saturated carbocycles. The van der Waals surface area contributed by atoms with Crippen molar-refractivity contribution in [1.29, 1.82) is 0 Å². The lowest BCUT2D eigenvalue weighted by Crippen LogP contribution is -2.22. The second kappa shape index (κ2) is 9.79. The molecule has 1 aliphatic rings. The topological polar surface area (TPSA) is 119 Å². The van der Waals surface area contributed by atoms with E-state index in [-0.39, 0.29) is 10.7 Å². The van der Waals surface area contributed by atoms with Crippen LogP contribution in [0.2, 0.25) is 0 Å². The summed E-state index contributed by atoms with van der Waals surface area (Å²) in [6.45, 7) is 1.72. The van der Waals surface area contributed by atoms with Crippen LogP contribution < -0.4 is 19.6 Å². The lowest BCUT2D eigenvalue weighted by atomic mass is 9.93. The Morgan fingerprint density at radius 1 is 1.09 bits per heavy atom. The molecule has 184 valence electrons. The van der Waals surface area contributed by atoms with Gasteiger partial charge in [0.15, 0.2) is 5.76 Å². The Bertz CT molecular complexity index is 1400. The molecule has 1 aliphatic carbocycles. The molecule has 0 fully saturated rings.